The van der Waals surface area contributed by atoms with Gasteiger partial charge in [0, 0.05) is 31.6 Å². The van der Waals surface area contributed by atoms with Crippen LogP contribution in [0.25, 0.3) is 0 Å². The molecule has 1 aromatic rings. The quantitative estimate of drug-likeness (QED) is 0.878. The summed E-state index contributed by atoms with van der Waals surface area (Å²) >= 11 is 0. The Morgan fingerprint density at radius 1 is 1.38 bits per heavy atom. The zero-order valence-electron chi connectivity index (χ0n) is 13.6. The van der Waals surface area contributed by atoms with E-state index in [1.165, 1.54) is 0 Å². The molecule has 0 aliphatic carbocycles. The van der Waals surface area contributed by atoms with Crippen molar-refractivity contribution in [2.75, 3.05) is 37.0 Å². The van der Waals surface area contributed by atoms with Crippen LogP contribution in [0.3, 0.4) is 0 Å². The molecule has 2 heterocycles. The molecule has 1 aliphatic heterocycles. The van der Waals surface area contributed by atoms with Gasteiger partial charge in [0.2, 0.25) is 0 Å². The summed E-state index contributed by atoms with van der Waals surface area (Å²) in [5.41, 5.74) is 1.03. The van der Waals surface area contributed by atoms with E-state index in [-0.39, 0.29) is 24.7 Å². The highest BCUT2D eigenvalue weighted by atomic mass is 16.5. The minimum absolute atomic E-state index is 0.0287. The molecule has 1 aliphatic rings. The molecular formula is C15H26N4O2. The molecule has 6 heteroatoms. The molecule has 2 atom stereocenters. The molecule has 0 aromatic carbocycles. The van der Waals surface area contributed by atoms with Gasteiger partial charge in [-0.3, -0.25) is 0 Å². The Morgan fingerprint density at radius 2 is 2.10 bits per heavy atom. The zero-order valence-corrected chi connectivity index (χ0v) is 13.6. The van der Waals surface area contributed by atoms with Crippen LogP contribution in [0, 0.1) is 6.92 Å². The first-order chi connectivity index (χ1) is 9.96. The minimum Gasteiger partial charge on any atom is -0.394 e. The maximum absolute atomic E-state index is 9.39. The van der Waals surface area contributed by atoms with Crippen LogP contribution in [0.1, 0.15) is 38.1 Å². The number of nitrogens with one attached hydrogen (secondary N) is 1. The van der Waals surface area contributed by atoms with Crippen LogP contribution >= 0.6 is 0 Å². The molecule has 2 rings (SSSR count). The van der Waals surface area contributed by atoms with Gasteiger partial charge in [-0.25, -0.2) is 9.97 Å². The molecule has 1 aromatic heterocycles. The fourth-order valence-corrected chi connectivity index (χ4v) is 2.65. The maximum Gasteiger partial charge on any atom is 0.137 e. The SMILES string of the molecule is CNc1nc(C(C)C)nc(N2CC(C)OC(CO)C2)c1C. The Labute approximate surface area is 126 Å². The lowest BCUT2D eigenvalue weighted by Crippen LogP contribution is -2.48. The number of ether oxygens (including phenoxy) is 1. The molecular weight excluding hydrogens is 268 g/mol. The normalized spacial score (nSPS) is 22.7. The van der Waals surface area contributed by atoms with Gasteiger partial charge in [-0.05, 0) is 13.8 Å². The topological polar surface area (TPSA) is 70.5 Å². The number of rotatable bonds is 4. The third kappa shape index (κ3) is 3.44. The number of aliphatic hydroxyl groups is 1. The lowest BCUT2D eigenvalue weighted by atomic mass is 10.1. The molecule has 0 bridgehead atoms. The third-order valence-corrected chi connectivity index (χ3v) is 3.72. The van der Waals surface area contributed by atoms with E-state index < -0.39 is 0 Å². The predicted octanol–water partition coefficient (Wildman–Crippen LogP) is 1.54. The predicted molar refractivity (Wildman–Crippen MR) is 84.0 cm³/mol. The van der Waals surface area contributed by atoms with Crippen molar-refractivity contribution < 1.29 is 9.84 Å². The summed E-state index contributed by atoms with van der Waals surface area (Å²) in [6.45, 7) is 9.68. The van der Waals surface area contributed by atoms with Gasteiger partial charge in [-0.15, -0.1) is 0 Å². The van der Waals surface area contributed by atoms with Crippen molar-refractivity contribution in [1.29, 1.82) is 0 Å². The van der Waals surface area contributed by atoms with Gasteiger partial charge in [-0.2, -0.15) is 0 Å². The van der Waals surface area contributed by atoms with E-state index in [4.69, 9.17) is 9.72 Å². The number of anilines is 2. The molecule has 1 saturated heterocycles. The van der Waals surface area contributed by atoms with E-state index in [1.54, 1.807) is 0 Å². The van der Waals surface area contributed by atoms with Gasteiger partial charge in [0.1, 0.15) is 17.5 Å². The summed E-state index contributed by atoms with van der Waals surface area (Å²) in [6.07, 6.45) is -0.0885. The molecule has 0 amide bonds. The van der Waals surface area contributed by atoms with Crippen LogP contribution in [-0.2, 0) is 4.74 Å². The monoisotopic (exact) mass is 294 g/mol. The second-order valence-electron chi connectivity index (χ2n) is 5.94. The Morgan fingerprint density at radius 3 is 2.67 bits per heavy atom. The molecule has 2 unspecified atom stereocenters. The number of nitrogens with zero attached hydrogens (tertiary/aromatic N) is 3. The standard InChI is InChI=1S/C15H26N4O2/c1-9(2)13-17-14(16-5)11(4)15(18-13)19-6-10(3)21-12(7-19)8-20/h9-10,12,20H,6-8H2,1-5H3,(H,16,17,18). The first kappa shape index (κ1) is 16.0. The summed E-state index contributed by atoms with van der Waals surface area (Å²) in [6, 6.07) is 0. The van der Waals surface area contributed by atoms with Crippen molar-refractivity contribution in [2.24, 2.45) is 0 Å². The Balaban J connectivity index is 2.39. The number of aliphatic hydroxyl groups excluding tert-OH is 1. The molecule has 2 N–H and O–H groups in total. The fraction of sp³-hybridized carbons (Fsp3) is 0.733. The summed E-state index contributed by atoms with van der Waals surface area (Å²) in [5, 5.41) is 12.5. The smallest absolute Gasteiger partial charge is 0.137 e. The highest BCUT2D eigenvalue weighted by molar-refractivity contribution is 5.59. The van der Waals surface area contributed by atoms with Crippen molar-refractivity contribution in [3.8, 4) is 0 Å². The lowest BCUT2D eigenvalue weighted by molar-refractivity contribution is -0.0423. The zero-order chi connectivity index (χ0) is 15.6. The van der Waals surface area contributed by atoms with Crippen LogP contribution in [-0.4, -0.2) is 54.0 Å². The van der Waals surface area contributed by atoms with Crippen molar-refractivity contribution >= 4 is 11.6 Å². The van der Waals surface area contributed by atoms with Crippen molar-refractivity contribution in [3.63, 3.8) is 0 Å². The average molecular weight is 294 g/mol. The largest absolute Gasteiger partial charge is 0.394 e. The van der Waals surface area contributed by atoms with Crippen LogP contribution in [0.15, 0.2) is 0 Å². The van der Waals surface area contributed by atoms with Crippen molar-refractivity contribution in [2.45, 2.75) is 45.8 Å². The van der Waals surface area contributed by atoms with Gasteiger partial charge in [0.15, 0.2) is 0 Å². The van der Waals surface area contributed by atoms with Gasteiger partial charge in [0.05, 0.1) is 18.8 Å². The van der Waals surface area contributed by atoms with Crippen LogP contribution in [0.4, 0.5) is 11.6 Å². The number of aromatic nitrogens is 2. The third-order valence-electron chi connectivity index (χ3n) is 3.72. The Kier molecular flexibility index (Phi) is 5.00. The molecule has 118 valence electrons. The molecule has 0 saturated carbocycles. The number of morpholine rings is 1. The van der Waals surface area contributed by atoms with Crippen LogP contribution in [0.5, 0.6) is 0 Å². The van der Waals surface area contributed by atoms with Gasteiger partial charge in [-0.1, -0.05) is 13.8 Å². The van der Waals surface area contributed by atoms with Crippen molar-refractivity contribution in [1.82, 2.24) is 9.97 Å². The van der Waals surface area contributed by atoms with E-state index >= 15 is 0 Å². The van der Waals surface area contributed by atoms with E-state index in [0.717, 1.165) is 29.6 Å². The number of hydrogen-bond acceptors (Lipinski definition) is 6. The summed E-state index contributed by atoms with van der Waals surface area (Å²) in [7, 11) is 1.88. The first-order valence-electron chi connectivity index (χ1n) is 7.53. The number of hydrogen-bond donors (Lipinski definition) is 2. The lowest BCUT2D eigenvalue weighted by Gasteiger charge is -2.37. The summed E-state index contributed by atoms with van der Waals surface area (Å²) in [4.78, 5) is 11.5. The van der Waals surface area contributed by atoms with E-state index in [0.29, 0.717) is 6.54 Å². The van der Waals surface area contributed by atoms with Crippen LogP contribution in [0.2, 0.25) is 0 Å². The highest BCUT2D eigenvalue weighted by Gasteiger charge is 2.28. The van der Waals surface area contributed by atoms with E-state index in [2.05, 4.69) is 29.0 Å². The molecule has 21 heavy (non-hydrogen) atoms. The van der Waals surface area contributed by atoms with Crippen molar-refractivity contribution in [3.05, 3.63) is 11.4 Å². The second-order valence-corrected chi connectivity index (χ2v) is 5.94. The van der Waals surface area contributed by atoms with E-state index in [1.807, 2.05) is 20.9 Å². The Bertz CT molecular complexity index is 493. The van der Waals surface area contributed by atoms with Gasteiger partial charge >= 0.3 is 0 Å². The molecule has 0 spiro atoms. The van der Waals surface area contributed by atoms with E-state index in [9.17, 15) is 5.11 Å². The minimum atomic E-state index is -0.163. The highest BCUT2D eigenvalue weighted by Crippen LogP contribution is 2.28. The second kappa shape index (κ2) is 6.58. The maximum atomic E-state index is 9.39. The van der Waals surface area contributed by atoms with Gasteiger partial charge in [0.25, 0.3) is 0 Å². The fourth-order valence-electron chi connectivity index (χ4n) is 2.65. The van der Waals surface area contributed by atoms with Crippen LogP contribution < -0.4 is 10.2 Å². The first-order valence-corrected chi connectivity index (χ1v) is 7.53. The molecule has 0 radical (unpaired) electrons. The van der Waals surface area contributed by atoms with Gasteiger partial charge < -0.3 is 20.1 Å². The summed E-state index contributed by atoms with van der Waals surface area (Å²) < 4.78 is 5.71. The molecule has 6 nitrogen and oxygen atoms in total. The Hall–Kier alpha value is -1.40. The average Bonchev–Trinajstić information content (AvgIpc) is 2.46. The molecule has 1 fully saturated rings. The summed E-state index contributed by atoms with van der Waals surface area (Å²) in [5.74, 6) is 2.90.